The van der Waals surface area contributed by atoms with Crippen molar-refractivity contribution in [3.05, 3.63) is 112 Å². The Kier molecular flexibility index (Phi) is 5.76. The van der Waals surface area contributed by atoms with Gasteiger partial charge in [-0.25, -0.2) is 4.90 Å². The summed E-state index contributed by atoms with van der Waals surface area (Å²) in [6.07, 6.45) is -4.64. The minimum absolute atomic E-state index is 0.115. The second-order valence-electron chi connectivity index (χ2n) is 8.20. The van der Waals surface area contributed by atoms with Crippen LogP contribution in [-0.2, 0) is 12.7 Å². The van der Waals surface area contributed by atoms with E-state index in [1.54, 1.807) is 30.3 Å². The molecule has 1 aliphatic rings. The topological polar surface area (TPSA) is 66.5 Å². The normalized spacial score (nSPS) is 13.3. The molecule has 1 aliphatic heterocycles. The van der Waals surface area contributed by atoms with Crippen LogP contribution < -0.4 is 10.2 Å². The molecule has 3 amide bonds. The predicted molar refractivity (Wildman–Crippen MR) is 129 cm³/mol. The summed E-state index contributed by atoms with van der Waals surface area (Å²) >= 11 is 5.99. The maximum absolute atomic E-state index is 13.3. The van der Waals surface area contributed by atoms with E-state index in [1.807, 2.05) is 6.07 Å². The number of nitrogens with zero attached hydrogens (tertiary/aromatic N) is 1. The predicted octanol–water partition coefficient (Wildman–Crippen LogP) is 6.24. The van der Waals surface area contributed by atoms with E-state index >= 15 is 0 Å². The van der Waals surface area contributed by atoms with Crippen molar-refractivity contribution in [3.63, 3.8) is 0 Å². The van der Waals surface area contributed by atoms with E-state index in [0.29, 0.717) is 10.4 Å². The van der Waals surface area contributed by atoms with E-state index in [9.17, 15) is 27.6 Å². The number of rotatable bonds is 4. The number of benzene rings is 4. The highest BCUT2D eigenvalue weighted by Crippen LogP contribution is 2.37. The van der Waals surface area contributed by atoms with Gasteiger partial charge in [0.25, 0.3) is 17.7 Å². The fraction of sp³-hybridized carbons (Fsp3) is 0.0741. The monoisotopic (exact) mass is 508 g/mol. The molecule has 1 heterocycles. The van der Waals surface area contributed by atoms with E-state index in [1.165, 1.54) is 24.3 Å². The molecule has 0 aliphatic carbocycles. The van der Waals surface area contributed by atoms with Crippen molar-refractivity contribution in [1.82, 2.24) is 5.32 Å². The smallest absolute Gasteiger partial charge is 0.348 e. The molecule has 1 N–H and O–H groups in total. The Hall–Kier alpha value is -4.17. The van der Waals surface area contributed by atoms with Gasteiger partial charge in [0, 0.05) is 33.6 Å². The summed E-state index contributed by atoms with van der Waals surface area (Å²) in [6.45, 7) is 0.212. The molecule has 9 heteroatoms. The third kappa shape index (κ3) is 4.09. The highest BCUT2D eigenvalue weighted by molar-refractivity contribution is 6.36. The molecule has 5 nitrogen and oxygen atoms in total. The first-order chi connectivity index (χ1) is 17.1. The standard InChI is InChI=1S/C27H16ClF3N2O3/c28-17-6-1-4-15(12-17)14-32-24(34)20-10-11-22-23-19(20)8-3-9-21(23)25(35)33(26(22)36)18-7-2-5-16(13-18)27(29,30)31/h1-13H,14H2,(H,32,34). The minimum Gasteiger partial charge on any atom is -0.348 e. The number of alkyl halides is 3. The molecule has 36 heavy (non-hydrogen) atoms. The van der Waals surface area contributed by atoms with Crippen molar-refractivity contribution in [1.29, 1.82) is 0 Å². The Bertz CT molecular complexity index is 1540. The molecule has 0 atom stereocenters. The average molecular weight is 509 g/mol. The van der Waals surface area contributed by atoms with E-state index in [2.05, 4.69) is 5.32 Å². The van der Waals surface area contributed by atoms with Crippen molar-refractivity contribution in [3.8, 4) is 0 Å². The van der Waals surface area contributed by atoms with Gasteiger partial charge in [-0.05, 0) is 59.5 Å². The van der Waals surface area contributed by atoms with Gasteiger partial charge in [0.05, 0.1) is 11.3 Å². The van der Waals surface area contributed by atoms with E-state index < -0.39 is 29.5 Å². The number of amides is 3. The highest BCUT2D eigenvalue weighted by atomic mass is 35.5. The molecule has 0 radical (unpaired) electrons. The molecular formula is C27H16ClF3N2O3. The molecule has 0 aromatic heterocycles. The molecule has 0 unspecified atom stereocenters. The molecular weight excluding hydrogens is 493 g/mol. The van der Waals surface area contributed by atoms with Crippen LogP contribution >= 0.6 is 11.6 Å². The first kappa shape index (κ1) is 23.6. The quantitative estimate of drug-likeness (QED) is 0.332. The van der Waals surface area contributed by atoms with Gasteiger partial charge in [-0.15, -0.1) is 0 Å². The van der Waals surface area contributed by atoms with Crippen LogP contribution in [0.5, 0.6) is 0 Å². The number of carbonyl (C=O) groups excluding carboxylic acids is 3. The Morgan fingerprint density at radius 2 is 1.56 bits per heavy atom. The van der Waals surface area contributed by atoms with Gasteiger partial charge < -0.3 is 5.32 Å². The van der Waals surface area contributed by atoms with Gasteiger partial charge in [0.2, 0.25) is 0 Å². The van der Waals surface area contributed by atoms with Crippen molar-refractivity contribution in [2.24, 2.45) is 0 Å². The first-order valence-electron chi connectivity index (χ1n) is 10.8. The molecule has 5 rings (SSSR count). The fourth-order valence-electron chi connectivity index (χ4n) is 4.27. The zero-order valence-electron chi connectivity index (χ0n) is 18.4. The maximum atomic E-state index is 13.3. The summed E-state index contributed by atoms with van der Waals surface area (Å²) in [5.74, 6) is -1.96. The number of hydrogen-bond acceptors (Lipinski definition) is 3. The Labute approximate surface area is 208 Å². The molecule has 180 valence electrons. The van der Waals surface area contributed by atoms with Gasteiger partial charge in [-0.2, -0.15) is 13.2 Å². The highest BCUT2D eigenvalue weighted by Gasteiger charge is 2.37. The zero-order valence-corrected chi connectivity index (χ0v) is 19.2. The lowest BCUT2D eigenvalue weighted by Gasteiger charge is -2.28. The van der Waals surface area contributed by atoms with Crippen LogP contribution in [0.25, 0.3) is 10.8 Å². The Morgan fingerprint density at radius 3 is 2.28 bits per heavy atom. The van der Waals surface area contributed by atoms with Gasteiger partial charge in [-0.3, -0.25) is 14.4 Å². The van der Waals surface area contributed by atoms with E-state index in [0.717, 1.165) is 28.7 Å². The van der Waals surface area contributed by atoms with E-state index in [4.69, 9.17) is 11.6 Å². The number of halogens is 4. The average Bonchev–Trinajstić information content (AvgIpc) is 2.85. The molecule has 0 saturated carbocycles. The van der Waals surface area contributed by atoms with Gasteiger partial charge in [0.1, 0.15) is 0 Å². The van der Waals surface area contributed by atoms with Crippen LogP contribution in [0.4, 0.5) is 18.9 Å². The lowest BCUT2D eigenvalue weighted by atomic mass is 9.90. The fourth-order valence-corrected chi connectivity index (χ4v) is 4.49. The summed E-state index contributed by atoms with van der Waals surface area (Å²) in [7, 11) is 0. The largest absolute Gasteiger partial charge is 0.416 e. The second-order valence-corrected chi connectivity index (χ2v) is 8.63. The number of hydrogen-bond donors (Lipinski definition) is 1. The summed E-state index contributed by atoms with van der Waals surface area (Å²) in [6, 6.07) is 18.6. The minimum atomic E-state index is -4.64. The van der Waals surface area contributed by atoms with Crippen LogP contribution in [0.15, 0.2) is 78.9 Å². The number of anilines is 1. The summed E-state index contributed by atoms with van der Waals surface area (Å²) < 4.78 is 39.7. The summed E-state index contributed by atoms with van der Waals surface area (Å²) in [5.41, 5.74) is 0.113. The van der Waals surface area contributed by atoms with Crippen molar-refractivity contribution < 1.29 is 27.6 Å². The lowest BCUT2D eigenvalue weighted by Crippen LogP contribution is -2.40. The molecule has 4 aromatic carbocycles. The number of carbonyl (C=O) groups is 3. The summed E-state index contributed by atoms with van der Waals surface area (Å²) in [4.78, 5) is 40.3. The first-order valence-corrected chi connectivity index (χ1v) is 11.2. The van der Waals surface area contributed by atoms with Crippen molar-refractivity contribution >= 4 is 45.8 Å². The SMILES string of the molecule is O=C(NCc1cccc(Cl)c1)c1ccc2c3c(cccc13)C(=O)N(c1cccc(C(F)(F)F)c1)C2=O. The van der Waals surface area contributed by atoms with Crippen LogP contribution in [0.2, 0.25) is 5.02 Å². The Balaban J connectivity index is 1.53. The third-order valence-corrected chi connectivity index (χ3v) is 6.16. The van der Waals surface area contributed by atoms with Crippen molar-refractivity contribution in [2.75, 3.05) is 4.90 Å². The Morgan fingerprint density at radius 1 is 0.861 bits per heavy atom. The number of nitrogens with one attached hydrogen (secondary N) is 1. The lowest BCUT2D eigenvalue weighted by molar-refractivity contribution is -0.137. The molecule has 0 spiro atoms. The van der Waals surface area contributed by atoms with Crippen LogP contribution in [0.3, 0.4) is 0 Å². The second kappa shape index (κ2) is 8.80. The van der Waals surface area contributed by atoms with Crippen LogP contribution in [0.1, 0.15) is 42.2 Å². The number of imide groups is 1. The van der Waals surface area contributed by atoms with E-state index in [-0.39, 0.29) is 34.3 Å². The van der Waals surface area contributed by atoms with Crippen LogP contribution in [-0.4, -0.2) is 17.7 Å². The zero-order chi connectivity index (χ0) is 25.6. The molecule has 0 saturated heterocycles. The molecule has 0 fully saturated rings. The van der Waals surface area contributed by atoms with Gasteiger partial charge in [-0.1, -0.05) is 41.9 Å². The maximum Gasteiger partial charge on any atom is 0.416 e. The molecule has 4 aromatic rings. The molecule has 0 bridgehead atoms. The third-order valence-electron chi connectivity index (χ3n) is 5.93. The van der Waals surface area contributed by atoms with Gasteiger partial charge in [0.15, 0.2) is 0 Å². The van der Waals surface area contributed by atoms with Crippen LogP contribution in [0, 0.1) is 0 Å². The summed E-state index contributed by atoms with van der Waals surface area (Å²) in [5, 5.41) is 4.01. The van der Waals surface area contributed by atoms with Gasteiger partial charge >= 0.3 is 6.18 Å². The van der Waals surface area contributed by atoms with Crippen molar-refractivity contribution in [2.45, 2.75) is 12.7 Å².